The van der Waals surface area contributed by atoms with Crippen LogP contribution >= 0.6 is 0 Å². The van der Waals surface area contributed by atoms with Crippen LogP contribution in [-0.2, 0) is 22.4 Å². The minimum Gasteiger partial charge on any atom is -0.494 e. The summed E-state index contributed by atoms with van der Waals surface area (Å²) in [5.41, 5.74) is 5.93. The Hall–Kier alpha value is -4.04. The second-order valence-corrected chi connectivity index (χ2v) is 11.4. The van der Waals surface area contributed by atoms with E-state index in [2.05, 4.69) is 45.1 Å². The molecule has 5 rings (SSSR count). The van der Waals surface area contributed by atoms with Gasteiger partial charge in [0.05, 0.1) is 19.1 Å². The number of rotatable bonds is 11. The van der Waals surface area contributed by atoms with E-state index in [1.165, 1.54) is 5.56 Å². The number of ether oxygens (including phenoxy) is 3. The molecule has 228 valence electrons. The molecule has 0 spiro atoms. The second kappa shape index (κ2) is 13.5. The molecular formula is C35H42N2O6. The smallest absolute Gasteiger partial charge is 0.309 e. The lowest BCUT2D eigenvalue weighted by molar-refractivity contribution is -0.143. The molecule has 0 aliphatic carbocycles. The SMILES string of the molecule is CCCOc1ccc([C@H]2C(C(=O)O)[C@@H](c3ccc4c(c3)OCCO4)CN2CC(=O)Nc2c(CC)cc(C)cc2CC)cc1. The van der Waals surface area contributed by atoms with Gasteiger partial charge >= 0.3 is 5.97 Å². The van der Waals surface area contributed by atoms with Crippen molar-refractivity contribution in [2.45, 2.75) is 58.9 Å². The molecule has 0 aromatic heterocycles. The highest BCUT2D eigenvalue weighted by atomic mass is 16.6. The van der Waals surface area contributed by atoms with E-state index in [4.69, 9.17) is 14.2 Å². The number of fused-ring (bicyclic) bond motifs is 1. The first-order valence-corrected chi connectivity index (χ1v) is 15.3. The zero-order valence-electron chi connectivity index (χ0n) is 25.5. The number of anilines is 1. The lowest BCUT2D eigenvalue weighted by Crippen LogP contribution is -2.35. The number of carbonyl (C=O) groups excluding carboxylic acids is 1. The second-order valence-electron chi connectivity index (χ2n) is 11.4. The quantitative estimate of drug-likeness (QED) is 0.278. The molecular weight excluding hydrogens is 544 g/mol. The van der Waals surface area contributed by atoms with Gasteiger partial charge in [-0.3, -0.25) is 14.5 Å². The van der Waals surface area contributed by atoms with Crippen molar-refractivity contribution in [2.24, 2.45) is 5.92 Å². The van der Waals surface area contributed by atoms with Crippen molar-refractivity contribution in [2.75, 3.05) is 38.2 Å². The summed E-state index contributed by atoms with van der Waals surface area (Å²) in [5.74, 6) is -0.189. The molecule has 0 bridgehead atoms. The van der Waals surface area contributed by atoms with Gasteiger partial charge in [-0.2, -0.15) is 0 Å². The van der Waals surface area contributed by atoms with E-state index in [1.807, 2.05) is 47.4 Å². The van der Waals surface area contributed by atoms with Gasteiger partial charge < -0.3 is 24.6 Å². The standard InChI is InChI=1S/C35H42N2O6/c1-5-14-41-27-11-8-25(9-12-27)34-32(35(39)40)28(26-10-13-29-30(19-26)43-16-15-42-29)20-37(34)21-31(38)36-33-23(6-2)17-22(4)18-24(33)7-3/h8-13,17-19,28,32,34H,5-7,14-16,20-21H2,1-4H3,(H,36,38)(H,39,40)/t28-,32?,34+/m1/s1. The maximum atomic E-state index is 13.7. The Morgan fingerprint density at radius 1 is 0.930 bits per heavy atom. The number of aliphatic carboxylic acids is 1. The van der Waals surface area contributed by atoms with Crippen LogP contribution in [0.1, 0.15) is 67.0 Å². The normalized spacial score (nSPS) is 19.7. The summed E-state index contributed by atoms with van der Waals surface area (Å²) in [6.07, 6.45) is 2.50. The number of likely N-dealkylation sites (tertiary alicyclic amines) is 1. The highest BCUT2D eigenvalue weighted by molar-refractivity contribution is 5.94. The topological polar surface area (TPSA) is 97.3 Å². The molecule has 1 unspecified atom stereocenters. The van der Waals surface area contributed by atoms with Gasteiger partial charge in [-0.1, -0.05) is 56.7 Å². The van der Waals surface area contributed by atoms with Crippen molar-refractivity contribution in [3.05, 3.63) is 82.4 Å². The highest BCUT2D eigenvalue weighted by Crippen LogP contribution is 2.47. The van der Waals surface area contributed by atoms with Crippen LogP contribution in [0.15, 0.2) is 54.6 Å². The lowest BCUT2D eigenvalue weighted by Gasteiger charge is -2.27. The van der Waals surface area contributed by atoms with Crippen LogP contribution in [0, 0.1) is 12.8 Å². The van der Waals surface area contributed by atoms with Crippen LogP contribution < -0.4 is 19.5 Å². The summed E-state index contributed by atoms with van der Waals surface area (Å²) < 4.78 is 17.3. The number of nitrogens with one attached hydrogen (secondary N) is 1. The monoisotopic (exact) mass is 586 g/mol. The largest absolute Gasteiger partial charge is 0.494 e. The zero-order valence-corrected chi connectivity index (χ0v) is 25.5. The molecule has 3 aromatic carbocycles. The Bertz CT molecular complexity index is 1430. The molecule has 0 radical (unpaired) electrons. The molecule has 8 heteroatoms. The van der Waals surface area contributed by atoms with Crippen LogP contribution in [0.3, 0.4) is 0 Å². The lowest BCUT2D eigenvalue weighted by atomic mass is 9.82. The molecule has 1 amide bonds. The first-order chi connectivity index (χ1) is 20.8. The third-order valence-corrected chi connectivity index (χ3v) is 8.39. The van der Waals surface area contributed by atoms with E-state index in [0.29, 0.717) is 37.9 Å². The molecule has 3 aromatic rings. The van der Waals surface area contributed by atoms with E-state index in [-0.39, 0.29) is 18.4 Å². The third-order valence-electron chi connectivity index (χ3n) is 8.39. The van der Waals surface area contributed by atoms with Crippen molar-refractivity contribution in [1.29, 1.82) is 0 Å². The van der Waals surface area contributed by atoms with Crippen molar-refractivity contribution in [3.63, 3.8) is 0 Å². The number of nitrogens with zero attached hydrogens (tertiary/aromatic N) is 1. The molecule has 1 fully saturated rings. The fourth-order valence-corrected chi connectivity index (χ4v) is 6.42. The molecule has 43 heavy (non-hydrogen) atoms. The fraction of sp³-hybridized carbons (Fsp3) is 0.429. The van der Waals surface area contributed by atoms with Crippen LogP contribution in [0.4, 0.5) is 5.69 Å². The van der Waals surface area contributed by atoms with E-state index < -0.39 is 17.9 Å². The molecule has 2 heterocycles. The maximum absolute atomic E-state index is 13.7. The van der Waals surface area contributed by atoms with Gasteiger partial charge in [0.25, 0.3) is 0 Å². The van der Waals surface area contributed by atoms with Crippen LogP contribution in [0.25, 0.3) is 0 Å². The van der Waals surface area contributed by atoms with Gasteiger partial charge in [0.15, 0.2) is 11.5 Å². The minimum atomic E-state index is -0.904. The third kappa shape index (κ3) is 6.64. The predicted octanol–water partition coefficient (Wildman–Crippen LogP) is 6.16. The predicted molar refractivity (Wildman–Crippen MR) is 166 cm³/mol. The molecule has 2 aliphatic heterocycles. The average Bonchev–Trinajstić information content (AvgIpc) is 3.39. The number of carboxylic acids is 1. The number of carboxylic acid groups (broad SMARTS) is 1. The molecule has 2 aliphatic rings. The molecule has 2 N–H and O–H groups in total. The van der Waals surface area contributed by atoms with Gasteiger partial charge in [-0.25, -0.2) is 0 Å². The number of hydrogen-bond acceptors (Lipinski definition) is 6. The maximum Gasteiger partial charge on any atom is 0.309 e. The molecule has 1 saturated heterocycles. The van der Waals surface area contributed by atoms with Gasteiger partial charge in [-0.05, 0) is 72.7 Å². The summed E-state index contributed by atoms with van der Waals surface area (Å²) in [4.78, 5) is 28.7. The summed E-state index contributed by atoms with van der Waals surface area (Å²) in [6.45, 7) is 10.3. The zero-order chi connectivity index (χ0) is 30.5. The van der Waals surface area contributed by atoms with Crippen molar-refractivity contribution in [1.82, 2.24) is 4.90 Å². The van der Waals surface area contributed by atoms with E-state index in [9.17, 15) is 14.7 Å². The Kier molecular flexibility index (Phi) is 9.56. The van der Waals surface area contributed by atoms with Crippen molar-refractivity contribution >= 4 is 17.6 Å². The number of amides is 1. The first kappa shape index (κ1) is 30.4. The Morgan fingerprint density at radius 2 is 1.58 bits per heavy atom. The summed E-state index contributed by atoms with van der Waals surface area (Å²) >= 11 is 0. The van der Waals surface area contributed by atoms with Crippen molar-refractivity contribution < 1.29 is 28.9 Å². The van der Waals surface area contributed by atoms with Crippen molar-refractivity contribution in [3.8, 4) is 17.2 Å². The van der Waals surface area contributed by atoms with Gasteiger partial charge in [0, 0.05) is 24.2 Å². The Morgan fingerprint density at radius 3 is 2.21 bits per heavy atom. The van der Waals surface area contributed by atoms with E-state index >= 15 is 0 Å². The average molecular weight is 587 g/mol. The summed E-state index contributed by atoms with van der Waals surface area (Å²) in [6, 6.07) is 17.0. The van der Waals surface area contributed by atoms with Gasteiger partial charge in [0.1, 0.15) is 19.0 Å². The fourth-order valence-electron chi connectivity index (χ4n) is 6.42. The molecule has 0 saturated carbocycles. The summed E-state index contributed by atoms with van der Waals surface area (Å²) in [7, 11) is 0. The molecule has 8 nitrogen and oxygen atoms in total. The van der Waals surface area contributed by atoms with Gasteiger partial charge in [0.2, 0.25) is 5.91 Å². The van der Waals surface area contributed by atoms with Crippen LogP contribution in [0.5, 0.6) is 17.2 Å². The van der Waals surface area contributed by atoms with E-state index in [1.54, 1.807) is 0 Å². The van der Waals surface area contributed by atoms with Gasteiger partial charge in [-0.15, -0.1) is 0 Å². The number of carbonyl (C=O) groups is 2. The number of benzene rings is 3. The number of aryl methyl sites for hydroxylation is 3. The van der Waals surface area contributed by atoms with Crippen LogP contribution in [-0.4, -0.2) is 54.8 Å². The molecule has 3 atom stereocenters. The summed E-state index contributed by atoms with van der Waals surface area (Å²) in [5, 5.41) is 13.8. The first-order valence-electron chi connectivity index (χ1n) is 15.3. The number of hydrogen-bond donors (Lipinski definition) is 2. The highest BCUT2D eigenvalue weighted by Gasteiger charge is 2.48. The van der Waals surface area contributed by atoms with Crippen LogP contribution in [0.2, 0.25) is 0 Å². The Balaban J connectivity index is 1.48. The van der Waals surface area contributed by atoms with E-state index in [0.717, 1.165) is 53.0 Å². The minimum absolute atomic E-state index is 0.0593. The Labute approximate surface area is 254 Å².